The lowest BCUT2D eigenvalue weighted by Gasteiger charge is -2.06. The van der Waals surface area contributed by atoms with Gasteiger partial charge in [0.15, 0.2) is 15.6 Å². The van der Waals surface area contributed by atoms with E-state index < -0.39 is 21.4 Å². The Labute approximate surface area is 146 Å². The van der Waals surface area contributed by atoms with Gasteiger partial charge in [-0.25, -0.2) is 8.42 Å². The number of carbonyl (C=O) groups is 1. The average Bonchev–Trinajstić information content (AvgIpc) is 2.63. The molecule has 0 fully saturated rings. The predicted octanol–water partition coefficient (Wildman–Crippen LogP) is 3.59. The third-order valence-electron chi connectivity index (χ3n) is 3.87. The second-order valence-corrected chi connectivity index (χ2v) is 7.68. The summed E-state index contributed by atoms with van der Waals surface area (Å²) in [7, 11) is -3.70. The van der Waals surface area contributed by atoms with E-state index in [1.165, 1.54) is 24.3 Å². The van der Waals surface area contributed by atoms with Gasteiger partial charge in [-0.3, -0.25) is 4.79 Å². The van der Waals surface area contributed by atoms with Gasteiger partial charge in [0.1, 0.15) is 5.75 Å². The SMILES string of the molecule is Nc1ccc(C(=O)CS(=O)(=O)c2ccc(-c3ccccc3)cc2)cc1. The lowest BCUT2D eigenvalue weighted by Crippen LogP contribution is -2.16. The van der Waals surface area contributed by atoms with Crippen LogP contribution in [-0.2, 0) is 9.84 Å². The molecule has 0 spiro atoms. The molecule has 25 heavy (non-hydrogen) atoms. The fourth-order valence-corrected chi connectivity index (χ4v) is 3.72. The van der Waals surface area contributed by atoms with Crippen LogP contribution in [0.1, 0.15) is 10.4 Å². The number of nitrogens with two attached hydrogens (primary N) is 1. The van der Waals surface area contributed by atoms with Crippen molar-refractivity contribution in [1.82, 2.24) is 0 Å². The number of hydrogen-bond acceptors (Lipinski definition) is 4. The van der Waals surface area contributed by atoms with Crippen molar-refractivity contribution in [2.24, 2.45) is 0 Å². The normalized spacial score (nSPS) is 11.2. The minimum Gasteiger partial charge on any atom is -0.399 e. The minimum atomic E-state index is -3.70. The number of anilines is 1. The molecule has 0 radical (unpaired) electrons. The maximum atomic E-state index is 12.5. The Bertz CT molecular complexity index is 977. The molecule has 126 valence electrons. The van der Waals surface area contributed by atoms with Crippen LogP contribution in [0.15, 0.2) is 83.8 Å². The van der Waals surface area contributed by atoms with Crippen molar-refractivity contribution >= 4 is 21.3 Å². The molecule has 0 unspecified atom stereocenters. The smallest absolute Gasteiger partial charge is 0.185 e. The van der Waals surface area contributed by atoms with E-state index in [0.717, 1.165) is 11.1 Å². The third-order valence-corrected chi connectivity index (χ3v) is 5.51. The molecule has 0 aliphatic rings. The van der Waals surface area contributed by atoms with Crippen LogP contribution < -0.4 is 5.73 Å². The van der Waals surface area contributed by atoms with Gasteiger partial charge in [0, 0.05) is 11.3 Å². The maximum Gasteiger partial charge on any atom is 0.185 e. The van der Waals surface area contributed by atoms with Gasteiger partial charge in [0.25, 0.3) is 0 Å². The molecule has 0 heterocycles. The first-order valence-electron chi connectivity index (χ1n) is 7.73. The van der Waals surface area contributed by atoms with Crippen LogP contribution in [0.4, 0.5) is 5.69 Å². The first-order valence-corrected chi connectivity index (χ1v) is 9.38. The quantitative estimate of drug-likeness (QED) is 0.563. The van der Waals surface area contributed by atoms with E-state index in [9.17, 15) is 13.2 Å². The summed E-state index contributed by atoms with van der Waals surface area (Å²) in [6, 6.07) is 22.5. The summed E-state index contributed by atoms with van der Waals surface area (Å²) in [5.74, 6) is -1.02. The summed E-state index contributed by atoms with van der Waals surface area (Å²) in [5, 5.41) is 0. The summed E-state index contributed by atoms with van der Waals surface area (Å²) in [6.45, 7) is 0. The van der Waals surface area contributed by atoms with Crippen LogP contribution in [0, 0.1) is 0 Å². The molecule has 0 amide bonds. The summed E-state index contributed by atoms with van der Waals surface area (Å²) in [6.07, 6.45) is 0. The van der Waals surface area contributed by atoms with Crippen molar-refractivity contribution in [3.63, 3.8) is 0 Å². The minimum absolute atomic E-state index is 0.135. The Hall–Kier alpha value is -2.92. The monoisotopic (exact) mass is 351 g/mol. The Morgan fingerprint density at radius 1 is 0.760 bits per heavy atom. The molecule has 3 rings (SSSR count). The van der Waals surface area contributed by atoms with Gasteiger partial charge in [0.05, 0.1) is 4.90 Å². The van der Waals surface area contributed by atoms with E-state index in [-0.39, 0.29) is 4.90 Å². The first-order chi connectivity index (χ1) is 12.0. The van der Waals surface area contributed by atoms with Crippen LogP contribution in [0.2, 0.25) is 0 Å². The van der Waals surface area contributed by atoms with Crippen LogP contribution in [0.25, 0.3) is 11.1 Å². The van der Waals surface area contributed by atoms with Crippen molar-refractivity contribution in [2.75, 3.05) is 11.5 Å². The van der Waals surface area contributed by atoms with Crippen LogP contribution >= 0.6 is 0 Å². The zero-order chi connectivity index (χ0) is 17.9. The fraction of sp³-hybridized carbons (Fsp3) is 0.0500. The van der Waals surface area contributed by atoms with Crippen molar-refractivity contribution in [3.05, 3.63) is 84.4 Å². The molecule has 0 atom stereocenters. The van der Waals surface area contributed by atoms with Crippen molar-refractivity contribution in [3.8, 4) is 11.1 Å². The summed E-state index contributed by atoms with van der Waals surface area (Å²) >= 11 is 0. The number of rotatable bonds is 5. The van der Waals surface area contributed by atoms with Crippen molar-refractivity contribution < 1.29 is 13.2 Å². The van der Waals surface area contributed by atoms with Gasteiger partial charge in [-0.1, -0.05) is 42.5 Å². The van der Waals surface area contributed by atoms with Crippen molar-refractivity contribution in [1.29, 1.82) is 0 Å². The van der Waals surface area contributed by atoms with Gasteiger partial charge in [-0.15, -0.1) is 0 Å². The molecule has 5 heteroatoms. The number of carbonyl (C=O) groups excluding carboxylic acids is 1. The number of sulfone groups is 1. The third kappa shape index (κ3) is 3.95. The topological polar surface area (TPSA) is 77.2 Å². The zero-order valence-corrected chi connectivity index (χ0v) is 14.2. The summed E-state index contributed by atoms with van der Waals surface area (Å²) in [4.78, 5) is 12.3. The van der Waals surface area contributed by atoms with Crippen LogP contribution in [-0.4, -0.2) is 20.0 Å². The van der Waals surface area contributed by atoms with Crippen LogP contribution in [0.3, 0.4) is 0 Å². The Morgan fingerprint density at radius 2 is 1.32 bits per heavy atom. The number of ketones is 1. The lowest BCUT2D eigenvalue weighted by atomic mass is 10.1. The maximum absolute atomic E-state index is 12.5. The van der Waals surface area contributed by atoms with Gasteiger partial charge in [0.2, 0.25) is 0 Å². The second kappa shape index (κ2) is 6.91. The molecular weight excluding hydrogens is 334 g/mol. The number of hydrogen-bond donors (Lipinski definition) is 1. The Balaban J connectivity index is 1.80. The van der Waals surface area contributed by atoms with Gasteiger partial charge < -0.3 is 5.73 Å². The van der Waals surface area contributed by atoms with E-state index in [1.54, 1.807) is 24.3 Å². The highest BCUT2D eigenvalue weighted by Gasteiger charge is 2.20. The fourth-order valence-electron chi connectivity index (χ4n) is 2.49. The highest BCUT2D eigenvalue weighted by atomic mass is 32.2. The first kappa shape index (κ1) is 16.9. The Kier molecular flexibility index (Phi) is 4.67. The van der Waals surface area contributed by atoms with Gasteiger partial charge >= 0.3 is 0 Å². The molecule has 4 nitrogen and oxygen atoms in total. The molecule has 0 saturated heterocycles. The van der Waals surface area contributed by atoms with E-state index in [2.05, 4.69) is 0 Å². The van der Waals surface area contributed by atoms with Gasteiger partial charge in [-0.2, -0.15) is 0 Å². The van der Waals surface area contributed by atoms with E-state index in [4.69, 9.17) is 5.73 Å². The number of benzene rings is 3. The van der Waals surface area contributed by atoms with Gasteiger partial charge in [-0.05, 0) is 47.5 Å². The van der Waals surface area contributed by atoms with E-state index >= 15 is 0 Å². The molecular formula is C20H17NO3S. The highest BCUT2D eigenvalue weighted by Crippen LogP contribution is 2.22. The Morgan fingerprint density at radius 3 is 1.92 bits per heavy atom. The molecule has 0 aromatic heterocycles. The summed E-state index contributed by atoms with van der Waals surface area (Å²) in [5.41, 5.74) is 8.36. The largest absolute Gasteiger partial charge is 0.399 e. The molecule has 0 bridgehead atoms. The number of Topliss-reactive ketones (excluding diaryl/α,β-unsaturated/α-hetero) is 1. The molecule has 0 saturated carbocycles. The van der Waals surface area contributed by atoms with Crippen molar-refractivity contribution in [2.45, 2.75) is 4.90 Å². The summed E-state index contributed by atoms with van der Waals surface area (Å²) < 4.78 is 25.0. The molecule has 3 aromatic rings. The average molecular weight is 351 g/mol. The molecule has 3 aromatic carbocycles. The lowest BCUT2D eigenvalue weighted by molar-refractivity contribution is 0.102. The molecule has 0 aliphatic carbocycles. The highest BCUT2D eigenvalue weighted by molar-refractivity contribution is 7.92. The standard InChI is InChI=1S/C20H17NO3S/c21-18-10-6-17(7-11-18)20(22)14-25(23,24)19-12-8-16(9-13-19)15-4-2-1-3-5-15/h1-13H,14,21H2. The number of nitrogen functional groups attached to an aromatic ring is 1. The predicted molar refractivity (Wildman–Crippen MR) is 99.1 cm³/mol. The molecule has 2 N–H and O–H groups in total. The molecule has 0 aliphatic heterocycles. The van der Waals surface area contributed by atoms with Crippen LogP contribution in [0.5, 0.6) is 0 Å². The zero-order valence-electron chi connectivity index (χ0n) is 13.4. The second-order valence-electron chi connectivity index (χ2n) is 5.69. The van der Waals surface area contributed by atoms with E-state index in [1.807, 2.05) is 30.3 Å². The van der Waals surface area contributed by atoms with E-state index in [0.29, 0.717) is 11.3 Å².